The topological polar surface area (TPSA) is 96.9 Å². The highest BCUT2D eigenvalue weighted by molar-refractivity contribution is 5.82. The van der Waals surface area contributed by atoms with Crippen molar-refractivity contribution >= 4 is 17.8 Å². The Bertz CT molecular complexity index is 456. The Morgan fingerprint density at radius 2 is 2.22 bits per heavy atom. The Hall–Kier alpha value is -2.24. The monoisotopic (exact) mass is 249 g/mol. The van der Waals surface area contributed by atoms with Gasteiger partial charge >= 0.3 is 6.09 Å². The molecule has 0 aromatic heterocycles. The number of hydrogen-bond donors (Lipinski definition) is 3. The molecule has 0 spiro atoms. The van der Waals surface area contributed by atoms with Gasteiger partial charge in [-0.1, -0.05) is 12.1 Å². The predicted molar refractivity (Wildman–Crippen MR) is 67.8 cm³/mol. The van der Waals surface area contributed by atoms with Crippen molar-refractivity contribution in [2.24, 2.45) is 10.7 Å². The van der Waals surface area contributed by atoms with Crippen LogP contribution in [-0.2, 0) is 11.2 Å². The van der Waals surface area contributed by atoms with Crippen LogP contribution >= 0.6 is 0 Å². The summed E-state index contributed by atoms with van der Waals surface area (Å²) in [6.07, 6.45) is 0.667. The fraction of sp³-hybridized carbons (Fsp3) is 0.333. The molecule has 1 aromatic rings. The number of rotatable bonds is 4. The number of amides is 1. The standard InChI is InChI=1S/C12H15N3O3/c13-11-14-10(7-18-11)6-3-8-1-4-9(5-2-8)15-12(16)17/h1-2,4-5,10,15H,3,6-7H2,(H2,13,14)(H,16,17). The van der Waals surface area contributed by atoms with E-state index in [1.807, 2.05) is 12.1 Å². The van der Waals surface area contributed by atoms with E-state index in [-0.39, 0.29) is 12.1 Å². The zero-order chi connectivity index (χ0) is 13.0. The first-order valence-electron chi connectivity index (χ1n) is 5.68. The molecule has 1 amide bonds. The van der Waals surface area contributed by atoms with Crippen molar-refractivity contribution in [3.05, 3.63) is 29.8 Å². The first-order chi connectivity index (χ1) is 8.63. The number of carbonyl (C=O) groups is 1. The summed E-state index contributed by atoms with van der Waals surface area (Å²) in [4.78, 5) is 14.6. The van der Waals surface area contributed by atoms with Gasteiger partial charge in [0.05, 0.1) is 6.04 Å². The van der Waals surface area contributed by atoms with Gasteiger partial charge in [0, 0.05) is 5.69 Å². The number of hydrogen-bond acceptors (Lipinski definition) is 4. The third-order valence-corrected chi connectivity index (χ3v) is 2.70. The van der Waals surface area contributed by atoms with Crippen LogP contribution in [0.25, 0.3) is 0 Å². The molecule has 18 heavy (non-hydrogen) atoms. The van der Waals surface area contributed by atoms with Gasteiger partial charge in [0.2, 0.25) is 0 Å². The van der Waals surface area contributed by atoms with Gasteiger partial charge in [-0.2, -0.15) is 0 Å². The van der Waals surface area contributed by atoms with Crippen LogP contribution in [0.3, 0.4) is 0 Å². The summed E-state index contributed by atoms with van der Waals surface area (Å²) in [5, 5.41) is 10.8. The second-order valence-electron chi connectivity index (χ2n) is 4.10. The van der Waals surface area contributed by atoms with Gasteiger partial charge in [0.1, 0.15) is 6.61 Å². The summed E-state index contributed by atoms with van der Waals surface area (Å²) in [6.45, 7) is 0.546. The molecule has 6 heteroatoms. The smallest absolute Gasteiger partial charge is 0.409 e. The van der Waals surface area contributed by atoms with Gasteiger partial charge in [-0.15, -0.1) is 0 Å². The molecule has 1 aliphatic rings. The maximum absolute atomic E-state index is 10.4. The molecule has 0 saturated heterocycles. The van der Waals surface area contributed by atoms with Gasteiger partial charge in [0.15, 0.2) is 0 Å². The summed E-state index contributed by atoms with van der Waals surface area (Å²) in [5.41, 5.74) is 7.12. The van der Waals surface area contributed by atoms with E-state index in [1.165, 1.54) is 0 Å². The molecule has 1 aliphatic heterocycles. The zero-order valence-electron chi connectivity index (χ0n) is 9.80. The fourth-order valence-electron chi connectivity index (χ4n) is 1.80. The van der Waals surface area contributed by atoms with Gasteiger partial charge in [-0.25, -0.2) is 9.79 Å². The average molecular weight is 249 g/mol. The molecule has 96 valence electrons. The van der Waals surface area contributed by atoms with Crippen LogP contribution in [0.4, 0.5) is 10.5 Å². The van der Waals surface area contributed by atoms with Crippen LogP contribution in [0, 0.1) is 0 Å². The largest absolute Gasteiger partial charge is 0.465 e. The molecular weight excluding hydrogens is 234 g/mol. The van der Waals surface area contributed by atoms with Crippen molar-refractivity contribution in [3.8, 4) is 0 Å². The fourth-order valence-corrected chi connectivity index (χ4v) is 1.80. The lowest BCUT2D eigenvalue weighted by atomic mass is 10.1. The summed E-state index contributed by atoms with van der Waals surface area (Å²) < 4.78 is 5.07. The minimum Gasteiger partial charge on any atom is -0.465 e. The number of nitrogens with one attached hydrogen (secondary N) is 1. The average Bonchev–Trinajstić information content (AvgIpc) is 2.74. The third kappa shape index (κ3) is 3.38. The molecule has 0 fully saturated rings. The van der Waals surface area contributed by atoms with Gasteiger partial charge in [-0.05, 0) is 30.5 Å². The van der Waals surface area contributed by atoms with E-state index in [9.17, 15) is 4.79 Å². The summed E-state index contributed by atoms with van der Waals surface area (Å²) in [7, 11) is 0. The second kappa shape index (κ2) is 5.39. The zero-order valence-corrected chi connectivity index (χ0v) is 9.80. The van der Waals surface area contributed by atoms with Crippen LogP contribution in [-0.4, -0.2) is 29.9 Å². The Kier molecular flexibility index (Phi) is 3.66. The van der Waals surface area contributed by atoms with E-state index in [4.69, 9.17) is 15.6 Å². The van der Waals surface area contributed by atoms with Crippen molar-refractivity contribution in [1.29, 1.82) is 0 Å². The minimum atomic E-state index is -1.06. The Morgan fingerprint density at radius 3 is 2.78 bits per heavy atom. The Morgan fingerprint density at radius 1 is 1.50 bits per heavy atom. The molecule has 1 unspecified atom stereocenters. The third-order valence-electron chi connectivity index (χ3n) is 2.70. The van der Waals surface area contributed by atoms with Crippen molar-refractivity contribution in [2.75, 3.05) is 11.9 Å². The van der Waals surface area contributed by atoms with E-state index >= 15 is 0 Å². The normalized spacial score (nSPS) is 18.0. The first-order valence-corrected chi connectivity index (χ1v) is 5.68. The molecular formula is C12H15N3O3. The second-order valence-corrected chi connectivity index (χ2v) is 4.10. The first kappa shape index (κ1) is 12.2. The molecule has 0 bridgehead atoms. The van der Waals surface area contributed by atoms with E-state index in [0.29, 0.717) is 12.3 Å². The molecule has 1 aromatic carbocycles. The molecule has 2 rings (SSSR count). The molecule has 4 N–H and O–H groups in total. The van der Waals surface area contributed by atoms with Gasteiger partial charge < -0.3 is 15.6 Å². The van der Waals surface area contributed by atoms with Gasteiger partial charge in [0.25, 0.3) is 6.02 Å². The number of amidine groups is 1. The molecule has 0 radical (unpaired) electrons. The van der Waals surface area contributed by atoms with Crippen molar-refractivity contribution in [1.82, 2.24) is 0 Å². The molecule has 0 aliphatic carbocycles. The number of aliphatic imine (C=N–C) groups is 1. The van der Waals surface area contributed by atoms with Gasteiger partial charge in [-0.3, -0.25) is 5.32 Å². The number of anilines is 1. The highest BCUT2D eigenvalue weighted by Crippen LogP contribution is 2.14. The Balaban J connectivity index is 1.85. The lowest BCUT2D eigenvalue weighted by Gasteiger charge is -2.06. The van der Waals surface area contributed by atoms with E-state index in [0.717, 1.165) is 18.4 Å². The SMILES string of the molecule is NC1=NC(CCc2ccc(NC(=O)O)cc2)CO1. The highest BCUT2D eigenvalue weighted by atomic mass is 16.5. The van der Waals surface area contributed by atoms with Crippen LogP contribution in [0.5, 0.6) is 0 Å². The summed E-state index contributed by atoms with van der Waals surface area (Å²) in [5.74, 6) is 0. The number of benzene rings is 1. The Labute approximate surface area is 104 Å². The van der Waals surface area contributed by atoms with Crippen molar-refractivity contribution < 1.29 is 14.6 Å². The van der Waals surface area contributed by atoms with E-state index in [1.54, 1.807) is 12.1 Å². The summed E-state index contributed by atoms with van der Waals surface area (Å²) in [6, 6.07) is 7.67. The van der Waals surface area contributed by atoms with Crippen LogP contribution in [0.2, 0.25) is 0 Å². The molecule has 1 heterocycles. The molecule has 1 atom stereocenters. The van der Waals surface area contributed by atoms with E-state index in [2.05, 4.69) is 10.3 Å². The molecule has 6 nitrogen and oxygen atoms in total. The number of nitrogens with two attached hydrogens (primary N) is 1. The van der Waals surface area contributed by atoms with Crippen molar-refractivity contribution in [2.45, 2.75) is 18.9 Å². The highest BCUT2D eigenvalue weighted by Gasteiger charge is 2.15. The van der Waals surface area contributed by atoms with Crippen molar-refractivity contribution in [3.63, 3.8) is 0 Å². The lowest BCUT2D eigenvalue weighted by Crippen LogP contribution is -2.10. The summed E-state index contributed by atoms with van der Waals surface area (Å²) >= 11 is 0. The number of ether oxygens (including phenoxy) is 1. The molecule has 0 saturated carbocycles. The van der Waals surface area contributed by atoms with Crippen LogP contribution in [0.1, 0.15) is 12.0 Å². The number of aryl methyl sites for hydroxylation is 1. The number of carboxylic acid groups (broad SMARTS) is 1. The maximum atomic E-state index is 10.4. The maximum Gasteiger partial charge on any atom is 0.409 e. The minimum absolute atomic E-state index is 0.127. The van der Waals surface area contributed by atoms with Crippen LogP contribution < -0.4 is 11.1 Å². The van der Waals surface area contributed by atoms with E-state index < -0.39 is 6.09 Å². The predicted octanol–water partition coefficient (Wildman–Crippen LogP) is 1.42. The lowest BCUT2D eigenvalue weighted by molar-refractivity contribution is 0.210. The number of nitrogens with zero attached hydrogens (tertiary/aromatic N) is 1. The van der Waals surface area contributed by atoms with Crippen LogP contribution in [0.15, 0.2) is 29.3 Å². The quantitative estimate of drug-likeness (QED) is 0.751.